The van der Waals surface area contributed by atoms with Crippen LogP contribution in [0.15, 0.2) is 59.6 Å². The lowest BCUT2D eigenvalue weighted by atomic mass is 9.96. The summed E-state index contributed by atoms with van der Waals surface area (Å²) >= 11 is 0. The average Bonchev–Trinajstić information content (AvgIpc) is 2.85. The average molecular weight is 541 g/mol. The molecule has 198 valence electrons. The molecule has 1 amide bonds. The van der Waals surface area contributed by atoms with Gasteiger partial charge in [-0.15, -0.1) is 0 Å². The maximum Gasteiger partial charge on any atom is 0.265 e. The molecule has 2 N–H and O–H groups in total. The zero-order valence-electron chi connectivity index (χ0n) is 21.4. The second-order valence-corrected chi connectivity index (χ2v) is 11.4. The first-order valence-corrected chi connectivity index (χ1v) is 13.0. The van der Waals surface area contributed by atoms with Crippen LogP contribution in [-0.4, -0.2) is 31.4 Å². The van der Waals surface area contributed by atoms with Gasteiger partial charge in [-0.05, 0) is 54.4 Å². The van der Waals surface area contributed by atoms with Gasteiger partial charge in [0.25, 0.3) is 10.0 Å². The molecule has 0 bridgehead atoms. The van der Waals surface area contributed by atoms with E-state index >= 15 is 4.39 Å². The highest BCUT2D eigenvalue weighted by Gasteiger charge is 2.25. The fourth-order valence-electron chi connectivity index (χ4n) is 3.63. The van der Waals surface area contributed by atoms with Crippen molar-refractivity contribution in [2.75, 3.05) is 17.1 Å². The van der Waals surface area contributed by atoms with Gasteiger partial charge in [0.05, 0.1) is 23.9 Å². The number of anilines is 2. The number of amides is 1. The lowest BCUT2D eigenvalue weighted by Gasteiger charge is -2.17. The van der Waals surface area contributed by atoms with Crippen LogP contribution in [-0.2, 0) is 14.8 Å². The van der Waals surface area contributed by atoms with Gasteiger partial charge in [0, 0.05) is 17.0 Å². The minimum absolute atomic E-state index is 0.0819. The van der Waals surface area contributed by atoms with E-state index in [9.17, 15) is 17.6 Å². The van der Waals surface area contributed by atoms with Crippen molar-refractivity contribution in [3.8, 4) is 16.9 Å². The lowest BCUT2D eigenvalue weighted by Crippen LogP contribution is -2.28. The second kappa shape index (κ2) is 9.97. The van der Waals surface area contributed by atoms with Gasteiger partial charge in [-0.1, -0.05) is 32.9 Å². The molecule has 11 heteroatoms. The van der Waals surface area contributed by atoms with Gasteiger partial charge in [-0.3, -0.25) is 14.8 Å². The molecule has 1 heterocycles. The summed E-state index contributed by atoms with van der Waals surface area (Å²) in [5.74, 6) is -2.05. The summed E-state index contributed by atoms with van der Waals surface area (Å²) in [5.41, 5.74) is -0.247. The highest BCUT2D eigenvalue weighted by molar-refractivity contribution is 7.92. The van der Waals surface area contributed by atoms with E-state index < -0.39 is 38.3 Å². The molecule has 0 aliphatic carbocycles. The van der Waals surface area contributed by atoms with Crippen molar-refractivity contribution in [1.82, 2.24) is 9.97 Å². The zero-order valence-corrected chi connectivity index (χ0v) is 22.2. The van der Waals surface area contributed by atoms with Gasteiger partial charge in [-0.2, -0.15) is 0 Å². The number of nitrogens with zero attached hydrogens (tertiary/aromatic N) is 2. The number of fused-ring (bicyclic) bond motifs is 1. The van der Waals surface area contributed by atoms with E-state index in [-0.39, 0.29) is 28.1 Å². The van der Waals surface area contributed by atoms with Crippen molar-refractivity contribution in [3.05, 3.63) is 71.9 Å². The lowest BCUT2D eigenvalue weighted by molar-refractivity contribution is -0.123. The molecule has 0 spiro atoms. The molecule has 38 heavy (non-hydrogen) atoms. The van der Waals surface area contributed by atoms with Gasteiger partial charge in [0.15, 0.2) is 5.82 Å². The fourth-order valence-corrected chi connectivity index (χ4v) is 4.94. The van der Waals surface area contributed by atoms with Crippen LogP contribution >= 0.6 is 0 Å². The number of carbonyl (C=O) groups is 1. The third kappa shape index (κ3) is 5.42. The van der Waals surface area contributed by atoms with E-state index in [0.717, 1.165) is 12.1 Å². The van der Waals surface area contributed by atoms with E-state index in [2.05, 4.69) is 20.0 Å². The number of rotatable bonds is 6. The Morgan fingerprint density at radius 2 is 1.76 bits per heavy atom. The maximum absolute atomic E-state index is 15.6. The molecule has 0 atom stereocenters. The summed E-state index contributed by atoms with van der Waals surface area (Å²) in [6.07, 6.45) is 1.43. The summed E-state index contributed by atoms with van der Waals surface area (Å²) in [4.78, 5) is 20.5. The van der Waals surface area contributed by atoms with Crippen LogP contribution in [0.3, 0.4) is 0 Å². The minimum atomic E-state index is -4.26. The van der Waals surface area contributed by atoms with Gasteiger partial charge in [-0.25, -0.2) is 27.2 Å². The van der Waals surface area contributed by atoms with Crippen LogP contribution < -0.4 is 14.8 Å². The molecule has 1 aromatic heterocycles. The van der Waals surface area contributed by atoms with Crippen molar-refractivity contribution in [2.24, 2.45) is 5.41 Å². The standard InChI is InChI=1S/C27H26F2N4O4S/c1-15-6-11-21(37-5)22(12-15)38(35,36)33-20-10-8-18(28)23(24(20)29)16-7-9-19-17(13-16)14-30-26(31-19)32-25(34)27(2,3)4/h6-14,33H,1-5H3,(H,30,31,32,34). The zero-order chi connectivity index (χ0) is 27.8. The van der Waals surface area contributed by atoms with Crippen LogP contribution in [0, 0.1) is 24.0 Å². The third-order valence-corrected chi connectivity index (χ3v) is 7.11. The molecule has 0 radical (unpaired) electrons. The first-order chi connectivity index (χ1) is 17.8. The summed E-state index contributed by atoms with van der Waals surface area (Å²) in [7, 11) is -2.94. The summed E-state index contributed by atoms with van der Waals surface area (Å²) < 4.78 is 63.9. The van der Waals surface area contributed by atoms with Gasteiger partial charge in [0.1, 0.15) is 16.5 Å². The van der Waals surface area contributed by atoms with Gasteiger partial charge < -0.3 is 4.74 Å². The summed E-state index contributed by atoms with van der Waals surface area (Å²) in [6.45, 7) is 6.97. The number of methoxy groups -OCH3 is 1. The van der Waals surface area contributed by atoms with E-state index in [1.54, 1.807) is 33.8 Å². The first-order valence-electron chi connectivity index (χ1n) is 11.5. The Bertz CT molecular complexity index is 1670. The van der Waals surface area contributed by atoms with E-state index in [1.165, 1.54) is 43.6 Å². The third-order valence-electron chi connectivity index (χ3n) is 5.72. The predicted molar refractivity (Wildman–Crippen MR) is 142 cm³/mol. The Labute approximate surface area is 219 Å². The summed E-state index contributed by atoms with van der Waals surface area (Å²) in [5, 5.41) is 3.10. The van der Waals surface area contributed by atoms with E-state index in [4.69, 9.17) is 4.74 Å². The van der Waals surface area contributed by atoms with Crippen molar-refractivity contribution < 1.29 is 26.7 Å². The number of nitrogens with one attached hydrogen (secondary N) is 2. The largest absolute Gasteiger partial charge is 0.495 e. The number of hydrogen-bond acceptors (Lipinski definition) is 6. The molecule has 0 unspecified atom stereocenters. The second-order valence-electron chi connectivity index (χ2n) is 9.72. The molecule has 8 nitrogen and oxygen atoms in total. The number of sulfonamides is 1. The molecule has 3 aromatic carbocycles. The smallest absolute Gasteiger partial charge is 0.265 e. The minimum Gasteiger partial charge on any atom is -0.495 e. The number of benzene rings is 3. The Morgan fingerprint density at radius 3 is 2.45 bits per heavy atom. The van der Waals surface area contributed by atoms with E-state index in [0.29, 0.717) is 16.5 Å². The molecule has 0 aliphatic heterocycles. The van der Waals surface area contributed by atoms with Crippen LogP contribution in [0.2, 0.25) is 0 Å². The molecule has 0 saturated heterocycles. The number of aryl methyl sites for hydroxylation is 1. The Morgan fingerprint density at radius 1 is 1.03 bits per heavy atom. The Kier molecular flexibility index (Phi) is 7.07. The van der Waals surface area contributed by atoms with E-state index in [1.807, 2.05) is 0 Å². The molecular weight excluding hydrogens is 514 g/mol. The maximum atomic E-state index is 15.6. The number of hydrogen-bond donors (Lipinski definition) is 2. The number of halogens is 2. The number of carbonyl (C=O) groups excluding carboxylic acids is 1. The highest BCUT2D eigenvalue weighted by Crippen LogP contribution is 2.34. The highest BCUT2D eigenvalue weighted by atomic mass is 32.2. The molecule has 4 aromatic rings. The van der Waals surface area contributed by atoms with Gasteiger partial charge >= 0.3 is 0 Å². The molecule has 0 aliphatic rings. The predicted octanol–water partition coefficient (Wildman–Crippen LogP) is 5.68. The van der Waals surface area contributed by atoms with Gasteiger partial charge in [0.2, 0.25) is 11.9 Å². The molecule has 0 saturated carbocycles. The number of aromatic nitrogens is 2. The van der Waals surface area contributed by atoms with Crippen LogP contribution in [0.4, 0.5) is 20.4 Å². The summed E-state index contributed by atoms with van der Waals surface area (Å²) in [6, 6.07) is 11.0. The van der Waals surface area contributed by atoms with Crippen LogP contribution in [0.1, 0.15) is 26.3 Å². The SMILES string of the molecule is COc1ccc(C)cc1S(=O)(=O)Nc1ccc(F)c(-c2ccc3nc(NC(=O)C(C)(C)C)ncc3c2)c1F. The quantitative estimate of drug-likeness (QED) is 0.326. The topological polar surface area (TPSA) is 110 Å². The monoisotopic (exact) mass is 540 g/mol. The van der Waals surface area contributed by atoms with Crippen LogP contribution in [0.5, 0.6) is 5.75 Å². The fraction of sp³-hybridized carbons (Fsp3) is 0.222. The Hall–Kier alpha value is -4.12. The van der Waals surface area contributed by atoms with Crippen molar-refractivity contribution in [1.29, 1.82) is 0 Å². The molecule has 4 rings (SSSR count). The number of ether oxygens (including phenoxy) is 1. The van der Waals surface area contributed by atoms with Crippen molar-refractivity contribution in [2.45, 2.75) is 32.6 Å². The normalized spacial score (nSPS) is 11.9. The Balaban J connectivity index is 1.70. The first kappa shape index (κ1) is 26.9. The van der Waals surface area contributed by atoms with Crippen molar-refractivity contribution in [3.63, 3.8) is 0 Å². The molecular formula is C27H26F2N4O4S. The molecule has 0 fully saturated rings. The van der Waals surface area contributed by atoms with Crippen molar-refractivity contribution >= 4 is 38.5 Å². The van der Waals surface area contributed by atoms with Crippen LogP contribution in [0.25, 0.3) is 22.0 Å².